The van der Waals surface area contributed by atoms with Gasteiger partial charge in [0, 0.05) is 19.1 Å². The van der Waals surface area contributed by atoms with Gasteiger partial charge in [-0.25, -0.2) is 0 Å². The van der Waals surface area contributed by atoms with E-state index in [0.29, 0.717) is 0 Å². The lowest BCUT2D eigenvalue weighted by Gasteiger charge is -2.40. The molecule has 2 atom stereocenters. The standard InChI is InChI=1S/C16H23ClN2/c1-18-11-12-7-8-16(14(17)10-12)19-9-3-5-13-4-2-6-15(13)19/h7-8,10,13,15,18H,2-6,9,11H2,1H3. The lowest BCUT2D eigenvalue weighted by molar-refractivity contribution is 0.362. The normalized spacial score (nSPS) is 26.5. The van der Waals surface area contributed by atoms with Crippen LogP contribution in [-0.4, -0.2) is 19.6 Å². The molecule has 1 aromatic rings. The van der Waals surface area contributed by atoms with E-state index in [0.717, 1.165) is 23.5 Å². The minimum absolute atomic E-state index is 0.737. The summed E-state index contributed by atoms with van der Waals surface area (Å²) in [7, 11) is 1.97. The largest absolute Gasteiger partial charge is 0.367 e. The molecule has 19 heavy (non-hydrogen) atoms. The zero-order valence-electron chi connectivity index (χ0n) is 11.7. The van der Waals surface area contributed by atoms with Crippen molar-refractivity contribution >= 4 is 17.3 Å². The Bertz CT molecular complexity index is 446. The summed E-state index contributed by atoms with van der Waals surface area (Å²) in [4.78, 5) is 2.58. The number of rotatable bonds is 3. The smallest absolute Gasteiger partial charge is 0.0642 e. The summed E-state index contributed by atoms with van der Waals surface area (Å²) in [6.07, 6.45) is 6.88. The minimum Gasteiger partial charge on any atom is -0.367 e. The van der Waals surface area contributed by atoms with Gasteiger partial charge in [0.1, 0.15) is 0 Å². The summed E-state index contributed by atoms with van der Waals surface area (Å²) in [5, 5.41) is 4.09. The molecule has 1 saturated heterocycles. The second-order valence-corrected chi connectivity index (χ2v) is 6.32. The number of anilines is 1. The second kappa shape index (κ2) is 5.72. The Hall–Kier alpha value is -0.730. The SMILES string of the molecule is CNCc1ccc(N2CCCC3CCCC32)c(Cl)c1. The number of hydrogen-bond donors (Lipinski definition) is 1. The Balaban J connectivity index is 1.84. The molecule has 2 aliphatic rings. The predicted octanol–water partition coefficient (Wildman–Crippen LogP) is 3.83. The van der Waals surface area contributed by atoms with E-state index in [2.05, 4.69) is 28.4 Å². The molecule has 1 N–H and O–H groups in total. The highest BCUT2D eigenvalue weighted by atomic mass is 35.5. The number of nitrogens with one attached hydrogen (secondary N) is 1. The molecule has 1 aromatic carbocycles. The van der Waals surface area contributed by atoms with Crippen LogP contribution in [0.1, 0.15) is 37.7 Å². The van der Waals surface area contributed by atoms with Gasteiger partial charge in [-0.1, -0.05) is 24.1 Å². The summed E-state index contributed by atoms with van der Waals surface area (Å²) >= 11 is 6.52. The first-order chi connectivity index (χ1) is 9.29. The molecule has 3 rings (SSSR count). The second-order valence-electron chi connectivity index (χ2n) is 5.91. The van der Waals surface area contributed by atoms with Crippen LogP contribution in [0.4, 0.5) is 5.69 Å². The Labute approximate surface area is 121 Å². The summed E-state index contributed by atoms with van der Waals surface area (Å²) in [5.41, 5.74) is 2.51. The molecular weight excluding hydrogens is 256 g/mol. The van der Waals surface area contributed by atoms with Gasteiger partial charge in [0.15, 0.2) is 0 Å². The average Bonchev–Trinajstić information content (AvgIpc) is 2.88. The van der Waals surface area contributed by atoms with Crippen molar-refractivity contribution in [1.82, 2.24) is 5.32 Å². The number of fused-ring (bicyclic) bond motifs is 1. The number of nitrogens with zero attached hydrogens (tertiary/aromatic N) is 1. The van der Waals surface area contributed by atoms with Crippen molar-refractivity contribution in [2.45, 2.75) is 44.7 Å². The van der Waals surface area contributed by atoms with Gasteiger partial charge >= 0.3 is 0 Å². The Morgan fingerprint density at radius 3 is 2.89 bits per heavy atom. The van der Waals surface area contributed by atoms with Crippen LogP contribution in [0.2, 0.25) is 5.02 Å². The minimum atomic E-state index is 0.737. The Morgan fingerprint density at radius 1 is 1.26 bits per heavy atom. The Kier molecular flexibility index (Phi) is 3.99. The fraction of sp³-hybridized carbons (Fsp3) is 0.625. The molecule has 3 heteroatoms. The number of benzene rings is 1. The number of hydrogen-bond acceptors (Lipinski definition) is 2. The zero-order valence-corrected chi connectivity index (χ0v) is 12.4. The van der Waals surface area contributed by atoms with Crippen LogP contribution >= 0.6 is 11.6 Å². The third-order valence-corrected chi connectivity index (χ3v) is 5.00. The van der Waals surface area contributed by atoms with Crippen molar-refractivity contribution in [3.05, 3.63) is 28.8 Å². The maximum Gasteiger partial charge on any atom is 0.0642 e. The first-order valence-corrected chi connectivity index (χ1v) is 7.87. The number of piperidine rings is 1. The van der Waals surface area contributed by atoms with Crippen molar-refractivity contribution in [3.63, 3.8) is 0 Å². The van der Waals surface area contributed by atoms with E-state index in [9.17, 15) is 0 Å². The zero-order chi connectivity index (χ0) is 13.2. The van der Waals surface area contributed by atoms with Crippen LogP contribution in [-0.2, 0) is 6.54 Å². The quantitative estimate of drug-likeness (QED) is 0.904. The molecule has 1 saturated carbocycles. The molecule has 0 bridgehead atoms. The van der Waals surface area contributed by atoms with Gasteiger partial charge in [0.2, 0.25) is 0 Å². The highest BCUT2D eigenvalue weighted by Gasteiger charge is 2.35. The first-order valence-electron chi connectivity index (χ1n) is 7.49. The predicted molar refractivity (Wildman–Crippen MR) is 81.9 cm³/mol. The van der Waals surface area contributed by atoms with Gasteiger partial charge in [-0.15, -0.1) is 0 Å². The van der Waals surface area contributed by atoms with Crippen molar-refractivity contribution in [2.75, 3.05) is 18.5 Å². The maximum atomic E-state index is 6.52. The van der Waals surface area contributed by atoms with E-state index in [4.69, 9.17) is 11.6 Å². The Morgan fingerprint density at radius 2 is 2.11 bits per heavy atom. The van der Waals surface area contributed by atoms with Crippen molar-refractivity contribution in [1.29, 1.82) is 0 Å². The fourth-order valence-corrected chi connectivity index (χ4v) is 4.16. The van der Waals surface area contributed by atoms with Crippen molar-refractivity contribution < 1.29 is 0 Å². The molecule has 104 valence electrons. The summed E-state index contributed by atoms with van der Waals surface area (Å²) in [6.45, 7) is 2.05. The van der Waals surface area contributed by atoms with E-state index in [-0.39, 0.29) is 0 Å². The van der Waals surface area contributed by atoms with Gasteiger partial charge in [-0.05, 0) is 56.3 Å². The van der Waals surface area contributed by atoms with Crippen LogP contribution < -0.4 is 10.2 Å². The highest BCUT2D eigenvalue weighted by Crippen LogP contribution is 2.41. The molecule has 1 aliphatic heterocycles. The van der Waals surface area contributed by atoms with E-state index in [1.54, 1.807) is 0 Å². The molecule has 2 unspecified atom stereocenters. The lowest BCUT2D eigenvalue weighted by atomic mass is 9.91. The van der Waals surface area contributed by atoms with Crippen LogP contribution in [0.3, 0.4) is 0 Å². The topological polar surface area (TPSA) is 15.3 Å². The van der Waals surface area contributed by atoms with Crippen LogP contribution in [0.15, 0.2) is 18.2 Å². The maximum absolute atomic E-state index is 6.52. The summed E-state index contributed by atoms with van der Waals surface area (Å²) < 4.78 is 0. The molecule has 0 amide bonds. The third kappa shape index (κ3) is 2.61. The van der Waals surface area contributed by atoms with Crippen LogP contribution in [0.25, 0.3) is 0 Å². The third-order valence-electron chi connectivity index (χ3n) is 4.70. The van der Waals surface area contributed by atoms with Gasteiger partial charge in [-0.3, -0.25) is 0 Å². The molecule has 1 heterocycles. The molecule has 1 aliphatic carbocycles. The molecule has 2 nitrogen and oxygen atoms in total. The van der Waals surface area contributed by atoms with Gasteiger partial charge in [-0.2, -0.15) is 0 Å². The molecule has 0 aromatic heterocycles. The number of halogens is 1. The van der Waals surface area contributed by atoms with E-state index >= 15 is 0 Å². The monoisotopic (exact) mass is 278 g/mol. The van der Waals surface area contributed by atoms with Crippen LogP contribution in [0, 0.1) is 5.92 Å². The van der Waals surface area contributed by atoms with Crippen molar-refractivity contribution in [2.24, 2.45) is 5.92 Å². The van der Waals surface area contributed by atoms with Crippen molar-refractivity contribution in [3.8, 4) is 0 Å². The highest BCUT2D eigenvalue weighted by molar-refractivity contribution is 6.33. The summed E-state index contributed by atoms with van der Waals surface area (Å²) in [6, 6.07) is 7.28. The van der Waals surface area contributed by atoms with Crippen LogP contribution in [0.5, 0.6) is 0 Å². The lowest BCUT2D eigenvalue weighted by Crippen LogP contribution is -2.42. The molecule has 0 spiro atoms. The van der Waals surface area contributed by atoms with E-state index in [1.807, 2.05) is 7.05 Å². The van der Waals surface area contributed by atoms with Gasteiger partial charge in [0.05, 0.1) is 10.7 Å². The fourth-order valence-electron chi connectivity index (χ4n) is 3.85. The van der Waals surface area contributed by atoms with E-state index in [1.165, 1.54) is 49.9 Å². The average molecular weight is 279 g/mol. The molecule has 2 fully saturated rings. The van der Waals surface area contributed by atoms with Gasteiger partial charge < -0.3 is 10.2 Å². The van der Waals surface area contributed by atoms with Gasteiger partial charge in [0.25, 0.3) is 0 Å². The molecular formula is C16H23ClN2. The molecule has 0 radical (unpaired) electrons. The first kappa shape index (κ1) is 13.3. The van der Waals surface area contributed by atoms with E-state index < -0.39 is 0 Å². The summed E-state index contributed by atoms with van der Waals surface area (Å²) in [5.74, 6) is 0.904.